The lowest BCUT2D eigenvalue weighted by Crippen LogP contribution is -2.57. The van der Waals surface area contributed by atoms with Crippen LogP contribution in [0.15, 0.2) is 59.7 Å². The minimum absolute atomic E-state index is 0.0996. The number of carbonyl (C=O) groups excluding carboxylic acids is 1. The number of urea groups is 1. The van der Waals surface area contributed by atoms with Crippen molar-refractivity contribution in [2.75, 3.05) is 33.8 Å². The zero-order valence-electron chi connectivity index (χ0n) is 25.5. The van der Waals surface area contributed by atoms with Crippen LogP contribution in [0, 0.1) is 23.0 Å². The molecule has 1 aliphatic carbocycles. The predicted molar refractivity (Wildman–Crippen MR) is 164 cm³/mol. The second kappa shape index (κ2) is 12.7. The molecule has 1 N–H and O–H groups in total. The van der Waals surface area contributed by atoms with Crippen molar-refractivity contribution in [3.63, 3.8) is 0 Å². The Kier molecular flexibility index (Phi) is 8.71. The Morgan fingerprint density at radius 2 is 1.89 bits per heavy atom. The average molecular weight is 606 g/mol. The highest BCUT2D eigenvalue weighted by Gasteiger charge is 2.48. The maximum absolute atomic E-state index is 15.0. The maximum atomic E-state index is 15.0. The Morgan fingerprint density at radius 3 is 2.64 bits per heavy atom. The van der Waals surface area contributed by atoms with E-state index in [4.69, 9.17) is 4.74 Å². The molecule has 0 unspecified atom stereocenters. The number of carbonyl (C=O) groups is 1. The summed E-state index contributed by atoms with van der Waals surface area (Å²) in [6.07, 6.45) is 7.82. The first-order chi connectivity index (χ1) is 21.3. The van der Waals surface area contributed by atoms with Crippen LogP contribution in [0.3, 0.4) is 0 Å². The summed E-state index contributed by atoms with van der Waals surface area (Å²) < 4.78 is 36.4. The van der Waals surface area contributed by atoms with Crippen LogP contribution in [-0.2, 0) is 6.54 Å². The van der Waals surface area contributed by atoms with E-state index < -0.39 is 17.7 Å². The van der Waals surface area contributed by atoms with Crippen molar-refractivity contribution < 1.29 is 18.3 Å². The molecule has 3 heterocycles. The normalized spacial score (nSPS) is 23.2. The van der Waals surface area contributed by atoms with Crippen LogP contribution in [0.5, 0.6) is 5.75 Å². The molecule has 2 aromatic carbocycles. The van der Waals surface area contributed by atoms with Gasteiger partial charge >= 0.3 is 6.03 Å². The van der Waals surface area contributed by atoms with Crippen molar-refractivity contribution in [1.82, 2.24) is 24.7 Å². The van der Waals surface area contributed by atoms with Crippen molar-refractivity contribution in [2.45, 2.75) is 63.6 Å². The highest BCUT2D eigenvalue weighted by molar-refractivity contribution is 5.75. The number of aromatic nitrogens is 2. The summed E-state index contributed by atoms with van der Waals surface area (Å²) in [5.74, 6) is -0.117. The van der Waals surface area contributed by atoms with E-state index in [0.29, 0.717) is 44.0 Å². The molecule has 10 heteroatoms. The fraction of sp³-hybridized carbons (Fsp3) is 0.500. The molecule has 44 heavy (non-hydrogen) atoms. The van der Waals surface area contributed by atoms with Gasteiger partial charge < -0.3 is 19.9 Å². The number of nitrogens with zero attached hydrogens (tertiary/aromatic N) is 4. The van der Waals surface area contributed by atoms with Gasteiger partial charge in [-0.2, -0.15) is 0 Å². The molecule has 3 aromatic rings. The van der Waals surface area contributed by atoms with Crippen molar-refractivity contribution >= 4 is 6.03 Å². The molecule has 3 fully saturated rings. The van der Waals surface area contributed by atoms with Gasteiger partial charge in [0.1, 0.15) is 17.4 Å². The van der Waals surface area contributed by atoms with E-state index in [9.17, 15) is 18.4 Å². The molecule has 1 spiro atoms. The Balaban J connectivity index is 1.21. The summed E-state index contributed by atoms with van der Waals surface area (Å²) in [5.41, 5.74) is 1.36. The van der Waals surface area contributed by atoms with E-state index in [0.717, 1.165) is 56.2 Å². The van der Waals surface area contributed by atoms with Crippen LogP contribution in [0.25, 0.3) is 11.3 Å². The largest absolute Gasteiger partial charge is 0.496 e. The number of piperidine rings is 2. The zero-order chi connectivity index (χ0) is 30.8. The molecule has 1 aromatic heterocycles. The van der Waals surface area contributed by atoms with Crippen molar-refractivity contribution in [3.8, 4) is 17.0 Å². The van der Waals surface area contributed by atoms with Crippen LogP contribution in [0.1, 0.15) is 56.6 Å². The number of likely N-dealkylation sites (tertiary alicyclic amines) is 2. The predicted octanol–water partition coefficient (Wildman–Crippen LogP) is 5.62. The molecule has 3 atom stereocenters. The summed E-state index contributed by atoms with van der Waals surface area (Å²) in [4.78, 5) is 35.7. The topological polar surface area (TPSA) is 79.7 Å². The number of hydrogen-bond donors (Lipinski definition) is 1. The number of para-hydroxylation sites is 1. The minimum atomic E-state index is -0.548. The number of ether oxygens (including phenoxy) is 1. The Bertz CT molecular complexity index is 1560. The molecule has 8 nitrogen and oxygen atoms in total. The lowest BCUT2D eigenvalue weighted by Gasteiger charge is -2.49. The summed E-state index contributed by atoms with van der Waals surface area (Å²) >= 11 is 0. The zero-order valence-corrected chi connectivity index (χ0v) is 25.5. The van der Waals surface area contributed by atoms with Gasteiger partial charge in [0, 0.05) is 49.4 Å². The lowest BCUT2D eigenvalue weighted by atomic mass is 9.69. The van der Waals surface area contributed by atoms with Crippen molar-refractivity contribution in [1.29, 1.82) is 0 Å². The summed E-state index contributed by atoms with van der Waals surface area (Å²) in [6, 6.07) is 12.0. The van der Waals surface area contributed by atoms with E-state index in [-0.39, 0.29) is 34.5 Å². The Labute approximate surface area is 257 Å². The van der Waals surface area contributed by atoms with Gasteiger partial charge in [-0.1, -0.05) is 25.0 Å². The second-order valence-corrected chi connectivity index (χ2v) is 12.6. The van der Waals surface area contributed by atoms with Gasteiger partial charge in [0.05, 0.1) is 25.2 Å². The van der Waals surface area contributed by atoms with Crippen LogP contribution in [0.2, 0.25) is 0 Å². The number of nitrogens with one attached hydrogen (secondary N) is 1. The van der Waals surface area contributed by atoms with E-state index in [1.807, 2.05) is 36.2 Å². The van der Waals surface area contributed by atoms with E-state index in [1.54, 1.807) is 29.0 Å². The van der Waals surface area contributed by atoms with Gasteiger partial charge in [-0.05, 0) is 80.8 Å². The molecular formula is C34H41F2N5O3. The van der Waals surface area contributed by atoms with Crippen LogP contribution < -0.4 is 15.6 Å². The second-order valence-electron chi connectivity index (χ2n) is 12.6. The number of methoxy groups -OCH3 is 1. The first kappa shape index (κ1) is 30.2. The van der Waals surface area contributed by atoms with Crippen molar-refractivity contribution in [2.24, 2.45) is 11.3 Å². The summed E-state index contributed by atoms with van der Waals surface area (Å²) in [7, 11) is 3.46. The molecule has 6 rings (SSSR count). The van der Waals surface area contributed by atoms with Gasteiger partial charge in [0.15, 0.2) is 0 Å². The highest BCUT2D eigenvalue weighted by atomic mass is 19.1. The van der Waals surface area contributed by atoms with E-state index in [2.05, 4.69) is 10.3 Å². The third kappa shape index (κ3) is 5.84. The molecule has 1 saturated carbocycles. The molecule has 2 saturated heterocycles. The van der Waals surface area contributed by atoms with Crippen LogP contribution in [0.4, 0.5) is 13.6 Å². The standard InChI is InChI=1S/C34H41F2N5O3/c1-37-25-12-16-41(30(18-25)27-17-24(35)9-10-28(27)36)33(43)39-15-11-23(34(21-39)13-5-6-14-34)20-40-22-38-29(19-32(40)42)26-7-3-4-8-31(26)44-2/h3-4,7-10,17,19,22-23,25,30,37H,5-6,11-16,18,20-21H2,1-2H3/t23-,25+,30-/m0/s1. The van der Waals surface area contributed by atoms with Crippen molar-refractivity contribution in [3.05, 3.63) is 82.4 Å². The van der Waals surface area contributed by atoms with Gasteiger partial charge in [-0.3, -0.25) is 9.36 Å². The number of rotatable bonds is 6. The molecular weight excluding hydrogens is 564 g/mol. The molecule has 2 amide bonds. The van der Waals surface area contributed by atoms with Gasteiger partial charge in [0.2, 0.25) is 0 Å². The smallest absolute Gasteiger partial charge is 0.320 e. The number of hydrogen-bond acceptors (Lipinski definition) is 5. The third-order valence-corrected chi connectivity index (χ3v) is 10.2. The number of halogens is 2. The number of benzene rings is 2. The third-order valence-electron chi connectivity index (χ3n) is 10.2. The summed E-state index contributed by atoms with van der Waals surface area (Å²) in [6.45, 7) is 2.17. The molecule has 3 aliphatic rings. The molecule has 0 radical (unpaired) electrons. The minimum Gasteiger partial charge on any atom is -0.496 e. The first-order valence-corrected chi connectivity index (χ1v) is 15.7. The quantitative estimate of drug-likeness (QED) is 0.395. The molecule has 0 bridgehead atoms. The van der Waals surface area contributed by atoms with Gasteiger partial charge in [-0.25, -0.2) is 18.6 Å². The first-order valence-electron chi connectivity index (χ1n) is 15.7. The SMILES string of the molecule is CN[C@@H]1CCN(C(=O)N2CC[C@@H](Cn3cnc(-c4ccccc4OC)cc3=O)C3(CCCC3)C2)[C@H](c2cc(F)ccc2F)C1. The van der Waals surface area contributed by atoms with Crippen LogP contribution >= 0.6 is 0 Å². The molecule has 2 aliphatic heterocycles. The molecule has 234 valence electrons. The van der Waals surface area contributed by atoms with Crippen LogP contribution in [-0.4, -0.2) is 65.2 Å². The van der Waals surface area contributed by atoms with Gasteiger partial charge in [0.25, 0.3) is 5.56 Å². The van der Waals surface area contributed by atoms with E-state index in [1.165, 1.54) is 6.07 Å². The number of amides is 2. The van der Waals surface area contributed by atoms with Gasteiger partial charge in [-0.15, -0.1) is 0 Å². The monoisotopic (exact) mass is 605 g/mol. The Morgan fingerprint density at radius 1 is 1.09 bits per heavy atom. The fourth-order valence-corrected chi connectivity index (χ4v) is 7.81. The Hall–Kier alpha value is -3.79. The lowest BCUT2D eigenvalue weighted by molar-refractivity contribution is 0.0205. The summed E-state index contributed by atoms with van der Waals surface area (Å²) in [5, 5.41) is 3.26. The fourth-order valence-electron chi connectivity index (χ4n) is 7.81. The van der Waals surface area contributed by atoms with E-state index >= 15 is 0 Å². The maximum Gasteiger partial charge on any atom is 0.320 e. The average Bonchev–Trinajstić information content (AvgIpc) is 3.51. The highest BCUT2D eigenvalue weighted by Crippen LogP contribution is 2.49.